The fourth-order valence-corrected chi connectivity index (χ4v) is 0.763. The lowest BCUT2D eigenvalue weighted by Crippen LogP contribution is -1.97. The molecule has 1 aromatic rings. The average molecular weight is 184 g/mol. The van der Waals surface area contributed by atoms with Crippen molar-refractivity contribution in [2.75, 3.05) is 6.61 Å². The highest BCUT2D eigenvalue weighted by Gasteiger charge is 2.09. The third kappa shape index (κ3) is 2.95. The maximum absolute atomic E-state index is 10.8. The smallest absolute Gasteiger partial charge is 0.293 e. The van der Waals surface area contributed by atoms with Crippen molar-refractivity contribution < 1.29 is 14.1 Å². The number of aromatic nitrogens is 2. The molecule has 0 N–H and O–H groups in total. The van der Waals surface area contributed by atoms with E-state index in [-0.39, 0.29) is 11.7 Å². The van der Waals surface area contributed by atoms with Crippen molar-refractivity contribution in [3.63, 3.8) is 0 Å². The van der Waals surface area contributed by atoms with Gasteiger partial charge in [-0.25, -0.2) is 0 Å². The van der Waals surface area contributed by atoms with Crippen molar-refractivity contribution in [3.05, 3.63) is 11.7 Å². The summed E-state index contributed by atoms with van der Waals surface area (Å²) in [6, 6.07) is 0. The Kier molecular flexibility index (Phi) is 3.57. The van der Waals surface area contributed by atoms with Crippen molar-refractivity contribution in [1.82, 2.24) is 10.1 Å². The molecule has 0 aliphatic heterocycles. The number of carbonyl (C=O) groups is 1. The minimum atomic E-state index is -0.228. The average Bonchev–Trinajstić information content (AvgIpc) is 2.53. The van der Waals surface area contributed by atoms with Gasteiger partial charge in [-0.1, -0.05) is 12.1 Å². The van der Waals surface area contributed by atoms with Gasteiger partial charge >= 0.3 is 0 Å². The van der Waals surface area contributed by atoms with Crippen LogP contribution in [0, 0.1) is 0 Å². The molecule has 0 aromatic carbocycles. The number of carbonyl (C=O) groups excluding carboxylic acids is 1. The van der Waals surface area contributed by atoms with E-state index in [2.05, 4.69) is 14.7 Å². The van der Waals surface area contributed by atoms with Gasteiger partial charge in [-0.3, -0.25) is 4.79 Å². The molecule has 0 aliphatic rings. The quantitative estimate of drug-likeness (QED) is 0.508. The predicted octanol–water partition coefficient (Wildman–Crippen LogP) is 1.20. The highest BCUT2D eigenvalue weighted by Crippen LogP contribution is 1.99. The van der Waals surface area contributed by atoms with Crippen LogP contribution in [-0.2, 0) is 11.3 Å². The van der Waals surface area contributed by atoms with Gasteiger partial charge in [0.05, 0.1) is 0 Å². The topological polar surface area (TPSA) is 65.2 Å². The highest BCUT2D eigenvalue weighted by atomic mass is 16.5. The number of ketones is 1. The molecule has 1 aromatic heterocycles. The zero-order valence-corrected chi connectivity index (χ0v) is 7.74. The largest absolute Gasteiger partial charge is 0.373 e. The van der Waals surface area contributed by atoms with Crippen LogP contribution in [0.4, 0.5) is 0 Å². The van der Waals surface area contributed by atoms with Crippen molar-refractivity contribution in [2.24, 2.45) is 0 Å². The third-order valence-corrected chi connectivity index (χ3v) is 1.35. The summed E-state index contributed by atoms with van der Waals surface area (Å²) in [5.41, 5.74) is 0. The fourth-order valence-electron chi connectivity index (χ4n) is 0.763. The summed E-state index contributed by atoms with van der Waals surface area (Å²) >= 11 is 0. The molecule has 0 saturated heterocycles. The molecule has 0 atom stereocenters. The Hall–Kier alpha value is -1.23. The van der Waals surface area contributed by atoms with Gasteiger partial charge in [0.1, 0.15) is 6.61 Å². The van der Waals surface area contributed by atoms with E-state index in [4.69, 9.17) is 4.74 Å². The van der Waals surface area contributed by atoms with E-state index in [1.807, 2.05) is 6.92 Å². The van der Waals surface area contributed by atoms with Gasteiger partial charge in [0, 0.05) is 13.5 Å². The van der Waals surface area contributed by atoms with E-state index in [1.165, 1.54) is 6.92 Å². The van der Waals surface area contributed by atoms with Crippen molar-refractivity contribution in [3.8, 4) is 0 Å². The molecule has 72 valence electrons. The standard InChI is InChI=1S/C8H12N2O3/c1-3-4-12-5-7-9-8(6(2)11)13-10-7/h3-5H2,1-2H3. The van der Waals surface area contributed by atoms with Crippen LogP contribution in [0.25, 0.3) is 0 Å². The fraction of sp³-hybridized carbons (Fsp3) is 0.625. The number of hydrogen-bond donors (Lipinski definition) is 0. The van der Waals surface area contributed by atoms with Gasteiger partial charge in [0.25, 0.3) is 5.89 Å². The van der Waals surface area contributed by atoms with Crippen molar-refractivity contribution in [2.45, 2.75) is 26.9 Å². The van der Waals surface area contributed by atoms with Crippen LogP contribution in [0.3, 0.4) is 0 Å². The number of rotatable bonds is 5. The molecule has 0 amide bonds. The zero-order chi connectivity index (χ0) is 9.68. The first-order valence-electron chi connectivity index (χ1n) is 4.15. The minimum Gasteiger partial charge on any atom is -0.373 e. The molecule has 0 saturated carbocycles. The van der Waals surface area contributed by atoms with Gasteiger partial charge in [-0.05, 0) is 6.42 Å². The summed E-state index contributed by atoms with van der Waals surface area (Å²) in [4.78, 5) is 14.6. The van der Waals surface area contributed by atoms with Gasteiger partial charge in [0.15, 0.2) is 5.82 Å². The third-order valence-electron chi connectivity index (χ3n) is 1.35. The molecule has 13 heavy (non-hydrogen) atoms. The lowest BCUT2D eigenvalue weighted by atomic mass is 10.4. The number of nitrogens with zero attached hydrogens (tertiary/aromatic N) is 2. The first kappa shape index (κ1) is 9.85. The molecule has 0 aliphatic carbocycles. The number of ether oxygens (including phenoxy) is 1. The van der Waals surface area contributed by atoms with Crippen LogP contribution in [0.15, 0.2) is 4.52 Å². The summed E-state index contributed by atoms with van der Waals surface area (Å²) in [6.45, 7) is 4.34. The van der Waals surface area contributed by atoms with Crippen LogP contribution in [0.2, 0.25) is 0 Å². The number of Topliss-reactive ketones (excluding diaryl/α,β-unsaturated/α-hetero) is 1. The Morgan fingerprint density at radius 2 is 2.38 bits per heavy atom. The lowest BCUT2D eigenvalue weighted by molar-refractivity contribution is 0.0971. The summed E-state index contributed by atoms with van der Waals surface area (Å²) in [6.07, 6.45) is 0.942. The van der Waals surface area contributed by atoms with Crippen LogP contribution in [-0.4, -0.2) is 22.5 Å². The predicted molar refractivity (Wildman–Crippen MR) is 44.2 cm³/mol. The van der Waals surface area contributed by atoms with Gasteiger partial charge in [0.2, 0.25) is 5.78 Å². The second kappa shape index (κ2) is 4.71. The molecular weight excluding hydrogens is 172 g/mol. The van der Waals surface area contributed by atoms with E-state index < -0.39 is 0 Å². The zero-order valence-electron chi connectivity index (χ0n) is 7.74. The summed E-state index contributed by atoms with van der Waals surface area (Å²) in [5, 5.41) is 3.58. The van der Waals surface area contributed by atoms with Crippen molar-refractivity contribution in [1.29, 1.82) is 0 Å². The highest BCUT2D eigenvalue weighted by molar-refractivity contribution is 5.89. The van der Waals surface area contributed by atoms with Gasteiger partial charge in [-0.15, -0.1) is 0 Å². The molecule has 0 spiro atoms. The summed E-state index contributed by atoms with van der Waals surface area (Å²) in [5.74, 6) is 0.225. The van der Waals surface area contributed by atoms with Crippen molar-refractivity contribution >= 4 is 5.78 Å². The monoisotopic (exact) mass is 184 g/mol. The number of hydrogen-bond acceptors (Lipinski definition) is 5. The second-order valence-corrected chi connectivity index (χ2v) is 2.62. The summed E-state index contributed by atoms with van der Waals surface area (Å²) in [7, 11) is 0. The molecule has 0 bridgehead atoms. The summed E-state index contributed by atoms with van der Waals surface area (Å²) < 4.78 is 9.83. The Bertz CT molecular complexity index is 283. The molecule has 0 fully saturated rings. The molecule has 0 radical (unpaired) electrons. The normalized spacial score (nSPS) is 10.3. The first-order chi connectivity index (χ1) is 6.24. The maximum atomic E-state index is 10.8. The molecule has 1 heterocycles. The first-order valence-corrected chi connectivity index (χ1v) is 4.15. The maximum Gasteiger partial charge on any atom is 0.293 e. The van der Waals surface area contributed by atoms with Crippen LogP contribution >= 0.6 is 0 Å². The minimum absolute atomic E-state index is 0.0371. The Balaban J connectivity index is 2.44. The van der Waals surface area contributed by atoms with Gasteiger partial charge in [-0.2, -0.15) is 4.98 Å². The Labute approximate surface area is 76.1 Å². The van der Waals surface area contributed by atoms with Crippen LogP contribution < -0.4 is 0 Å². The molecule has 1 rings (SSSR count). The second-order valence-electron chi connectivity index (χ2n) is 2.62. The van der Waals surface area contributed by atoms with Gasteiger partial charge < -0.3 is 9.26 Å². The van der Waals surface area contributed by atoms with E-state index in [0.29, 0.717) is 19.0 Å². The molecule has 5 nitrogen and oxygen atoms in total. The Morgan fingerprint density at radius 1 is 1.62 bits per heavy atom. The van der Waals surface area contributed by atoms with Crippen LogP contribution in [0.1, 0.15) is 36.8 Å². The van der Waals surface area contributed by atoms with Crippen LogP contribution in [0.5, 0.6) is 0 Å². The lowest BCUT2D eigenvalue weighted by Gasteiger charge is -1.95. The molecule has 5 heteroatoms. The SMILES string of the molecule is CCCOCc1noc(C(C)=O)n1. The Morgan fingerprint density at radius 3 is 2.92 bits per heavy atom. The molecular formula is C8H12N2O3. The van der Waals surface area contributed by atoms with E-state index in [1.54, 1.807) is 0 Å². The van der Waals surface area contributed by atoms with E-state index in [9.17, 15) is 4.79 Å². The van der Waals surface area contributed by atoms with E-state index in [0.717, 1.165) is 6.42 Å². The van der Waals surface area contributed by atoms with E-state index >= 15 is 0 Å². The molecule has 0 unspecified atom stereocenters.